The molecule has 3 nitrogen and oxygen atoms in total. The molecule has 0 bridgehead atoms. The summed E-state index contributed by atoms with van der Waals surface area (Å²) in [6.07, 6.45) is 4.07. The zero-order valence-corrected chi connectivity index (χ0v) is 11.3. The van der Waals surface area contributed by atoms with Crippen LogP contribution in [0, 0.1) is 0 Å². The topological polar surface area (TPSA) is 29.5 Å². The molecule has 0 radical (unpaired) electrons. The normalized spacial score (nSPS) is 22.9. The Morgan fingerprint density at radius 3 is 2.68 bits per heavy atom. The Morgan fingerprint density at radius 1 is 1.21 bits per heavy atom. The molecule has 3 heteroatoms. The lowest BCUT2D eigenvalue weighted by Crippen LogP contribution is -2.36. The summed E-state index contributed by atoms with van der Waals surface area (Å²) in [7, 11) is 1.69. The highest BCUT2D eigenvalue weighted by molar-refractivity contribution is 5.97. The summed E-state index contributed by atoms with van der Waals surface area (Å²) in [5.74, 6) is 0.172. The number of nitrogens with zero attached hydrogens (tertiary/aromatic N) is 1. The third-order valence-corrected chi connectivity index (χ3v) is 4.03. The van der Waals surface area contributed by atoms with Crippen LogP contribution in [0.15, 0.2) is 41.5 Å². The van der Waals surface area contributed by atoms with Crippen molar-refractivity contribution in [3.63, 3.8) is 0 Å². The summed E-state index contributed by atoms with van der Waals surface area (Å²) in [5.41, 5.74) is 3.38. The molecule has 0 fully saturated rings. The highest BCUT2D eigenvalue weighted by Gasteiger charge is 2.39. The van der Waals surface area contributed by atoms with Crippen LogP contribution in [0.3, 0.4) is 0 Å². The van der Waals surface area contributed by atoms with E-state index in [9.17, 15) is 4.79 Å². The Bertz CT molecular complexity index is 507. The number of hydrogen-bond donors (Lipinski definition) is 0. The fourth-order valence-electron chi connectivity index (χ4n) is 3.12. The van der Waals surface area contributed by atoms with E-state index in [0.717, 1.165) is 30.4 Å². The summed E-state index contributed by atoms with van der Waals surface area (Å²) in [6.45, 7) is 0.630. The molecule has 0 unspecified atom stereocenters. The molecule has 1 aromatic carbocycles. The third kappa shape index (κ3) is 2.19. The van der Waals surface area contributed by atoms with Gasteiger partial charge in [0.25, 0.3) is 5.91 Å². The molecule has 0 saturated heterocycles. The first-order valence-corrected chi connectivity index (χ1v) is 6.91. The smallest absolute Gasteiger partial charge is 0.252 e. The minimum absolute atomic E-state index is 0.150. The minimum atomic E-state index is -0.150. The minimum Gasteiger partial charge on any atom is -0.357 e. The molecule has 0 aromatic heterocycles. The van der Waals surface area contributed by atoms with Crippen molar-refractivity contribution in [2.75, 3.05) is 7.11 Å². The molecule has 1 aromatic rings. The second-order valence-electron chi connectivity index (χ2n) is 5.22. The third-order valence-electron chi connectivity index (χ3n) is 4.03. The van der Waals surface area contributed by atoms with Crippen molar-refractivity contribution in [2.45, 2.75) is 38.5 Å². The van der Waals surface area contributed by atoms with E-state index in [-0.39, 0.29) is 12.1 Å². The van der Waals surface area contributed by atoms with Crippen molar-refractivity contribution >= 4 is 5.91 Å². The fourth-order valence-corrected chi connectivity index (χ4v) is 3.12. The molecule has 1 atom stereocenters. The van der Waals surface area contributed by atoms with E-state index in [4.69, 9.17) is 4.74 Å². The number of carbonyl (C=O) groups is 1. The van der Waals surface area contributed by atoms with Crippen LogP contribution in [0.1, 0.15) is 31.2 Å². The van der Waals surface area contributed by atoms with E-state index < -0.39 is 0 Å². The molecule has 19 heavy (non-hydrogen) atoms. The van der Waals surface area contributed by atoms with Crippen molar-refractivity contribution in [1.82, 2.24) is 4.90 Å². The van der Waals surface area contributed by atoms with E-state index in [1.54, 1.807) is 7.11 Å². The molecule has 1 heterocycles. The van der Waals surface area contributed by atoms with Crippen molar-refractivity contribution < 1.29 is 9.53 Å². The van der Waals surface area contributed by atoms with E-state index >= 15 is 0 Å². The molecular formula is C16H19NO2. The van der Waals surface area contributed by atoms with Gasteiger partial charge in [-0.25, -0.2) is 0 Å². The standard InChI is InChI=1S/C16H19NO2/c1-19-16-14-10-6-5-9-13(14)15(18)17(16)11-12-7-3-2-4-8-12/h2-4,7-8,16H,5-6,9-11H2,1H3/t16-/m0/s1. The summed E-state index contributed by atoms with van der Waals surface area (Å²) in [5, 5.41) is 0. The lowest BCUT2D eigenvalue weighted by Gasteiger charge is -2.26. The largest absolute Gasteiger partial charge is 0.357 e. The van der Waals surface area contributed by atoms with Crippen molar-refractivity contribution in [3.05, 3.63) is 47.0 Å². The van der Waals surface area contributed by atoms with E-state index in [0.29, 0.717) is 6.54 Å². The molecule has 0 spiro atoms. The van der Waals surface area contributed by atoms with E-state index in [1.807, 2.05) is 23.1 Å². The Labute approximate surface area is 113 Å². The molecule has 1 aliphatic carbocycles. The van der Waals surface area contributed by atoms with Crippen LogP contribution < -0.4 is 0 Å². The van der Waals surface area contributed by atoms with Gasteiger partial charge in [-0.3, -0.25) is 4.79 Å². The maximum Gasteiger partial charge on any atom is 0.252 e. The van der Waals surface area contributed by atoms with Crippen LogP contribution >= 0.6 is 0 Å². The average molecular weight is 257 g/mol. The van der Waals surface area contributed by atoms with Crippen molar-refractivity contribution in [2.24, 2.45) is 0 Å². The quantitative estimate of drug-likeness (QED) is 0.833. The van der Waals surface area contributed by atoms with Gasteiger partial charge in [0, 0.05) is 19.2 Å². The highest BCUT2D eigenvalue weighted by atomic mass is 16.5. The summed E-state index contributed by atoms with van der Waals surface area (Å²) in [4.78, 5) is 14.4. The summed E-state index contributed by atoms with van der Waals surface area (Å²) in [6, 6.07) is 10.1. The Balaban J connectivity index is 1.85. The highest BCUT2D eigenvalue weighted by Crippen LogP contribution is 2.37. The maximum absolute atomic E-state index is 12.5. The molecular weight excluding hydrogens is 238 g/mol. The van der Waals surface area contributed by atoms with Crippen LogP contribution in [0.5, 0.6) is 0 Å². The average Bonchev–Trinajstić information content (AvgIpc) is 2.73. The molecule has 0 N–H and O–H groups in total. The second-order valence-corrected chi connectivity index (χ2v) is 5.22. The molecule has 2 aliphatic rings. The van der Waals surface area contributed by atoms with Crippen LogP contribution in [0.25, 0.3) is 0 Å². The number of rotatable bonds is 3. The number of ether oxygens (including phenoxy) is 1. The molecule has 100 valence electrons. The second kappa shape index (κ2) is 5.17. The maximum atomic E-state index is 12.5. The van der Waals surface area contributed by atoms with Crippen LogP contribution in [0.2, 0.25) is 0 Å². The van der Waals surface area contributed by atoms with Gasteiger partial charge in [0.05, 0.1) is 0 Å². The lowest BCUT2D eigenvalue weighted by atomic mass is 9.93. The van der Waals surface area contributed by atoms with Gasteiger partial charge < -0.3 is 9.64 Å². The Morgan fingerprint density at radius 2 is 1.95 bits per heavy atom. The van der Waals surface area contributed by atoms with E-state index in [1.165, 1.54) is 12.0 Å². The fraction of sp³-hybridized carbons (Fsp3) is 0.438. The zero-order valence-electron chi connectivity index (χ0n) is 11.3. The SMILES string of the molecule is CO[C@H]1C2=C(CCCC2)C(=O)N1Cc1ccccc1. The van der Waals surface area contributed by atoms with E-state index in [2.05, 4.69) is 12.1 Å². The van der Waals surface area contributed by atoms with Crippen LogP contribution in [0.4, 0.5) is 0 Å². The Kier molecular flexibility index (Phi) is 3.38. The molecule has 3 rings (SSSR count). The first kappa shape index (κ1) is 12.4. The van der Waals surface area contributed by atoms with Crippen molar-refractivity contribution in [3.8, 4) is 0 Å². The van der Waals surface area contributed by atoms with Gasteiger partial charge in [-0.05, 0) is 36.8 Å². The molecule has 1 aliphatic heterocycles. The van der Waals surface area contributed by atoms with Gasteiger partial charge in [0.1, 0.15) is 0 Å². The number of amides is 1. The number of hydrogen-bond acceptors (Lipinski definition) is 2. The van der Waals surface area contributed by atoms with Gasteiger partial charge in [0.15, 0.2) is 6.23 Å². The first-order chi connectivity index (χ1) is 9.31. The summed E-state index contributed by atoms with van der Waals surface area (Å²) < 4.78 is 5.58. The van der Waals surface area contributed by atoms with Gasteiger partial charge in [0.2, 0.25) is 0 Å². The zero-order chi connectivity index (χ0) is 13.2. The Hall–Kier alpha value is -1.61. The van der Waals surface area contributed by atoms with Crippen LogP contribution in [-0.4, -0.2) is 24.1 Å². The van der Waals surface area contributed by atoms with Crippen molar-refractivity contribution in [1.29, 1.82) is 0 Å². The predicted molar refractivity (Wildman–Crippen MR) is 73.3 cm³/mol. The summed E-state index contributed by atoms with van der Waals surface area (Å²) >= 11 is 0. The molecule has 1 amide bonds. The van der Waals surface area contributed by atoms with Crippen LogP contribution in [-0.2, 0) is 16.1 Å². The van der Waals surface area contributed by atoms with Gasteiger partial charge in [-0.15, -0.1) is 0 Å². The van der Waals surface area contributed by atoms with Gasteiger partial charge >= 0.3 is 0 Å². The predicted octanol–water partition coefficient (Wildman–Crippen LogP) is 2.87. The molecule has 0 saturated carbocycles. The lowest BCUT2D eigenvalue weighted by molar-refractivity contribution is -0.134. The number of benzene rings is 1. The monoisotopic (exact) mass is 257 g/mol. The number of methoxy groups -OCH3 is 1. The van der Waals surface area contributed by atoms with Gasteiger partial charge in [-0.2, -0.15) is 0 Å². The first-order valence-electron chi connectivity index (χ1n) is 6.91. The van der Waals surface area contributed by atoms with Gasteiger partial charge in [-0.1, -0.05) is 30.3 Å². The number of carbonyl (C=O) groups excluding carboxylic acids is 1.